The highest BCUT2D eigenvalue weighted by atomic mass is 16.7. The first-order valence-corrected chi connectivity index (χ1v) is 6.18. The first-order valence-electron chi connectivity index (χ1n) is 6.18. The first-order chi connectivity index (χ1) is 8.81. The first kappa shape index (κ1) is 12.6. The Balaban J connectivity index is 1.91. The monoisotopic (exact) mass is 246 g/mol. The maximum absolute atomic E-state index is 9.83. The van der Waals surface area contributed by atoms with Crippen LogP contribution in [0.1, 0.15) is 24.8 Å². The predicted octanol–water partition coefficient (Wildman–Crippen LogP) is 3.58. The Morgan fingerprint density at radius 3 is 2.72 bits per heavy atom. The number of ether oxygens (including phenoxy) is 2. The highest BCUT2D eigenvalue weighted by Crippen LogP contribution is 2.37. The molecular weight excluding hydrogens is 228 g/mol. The molecule has 2 rings (SSSR count). The van der Waals surface area contributed by atoms with E-state index in [-0.39, 0.29) is 12.5 Å². The van der Waals surface area contributed by atoms with Crippen molar-refractivity contribution in [1.29, 1.82) is 0 Å². The zero-order valence-electron chi connectivity index (χ0n) is 10.4. The zero-order chi connectivity index (χ0) is 12.8. The summed E-state index contributed by atoms with van der Waals surface area (Å²) < 4.78 is 10.5. The highest BCUT2D eigenvalue weighted by molar-refractivity contribution is 5.51. The van der Waals surface area contributed by atoms with Crippen molar-refractivity contribution in [1.82, 2.24) is 0 Å². The van der Waals surface area contributed by atoms with E-state index in [0.717, 1.165) is 24.8 Å². The van der Waals surface area contributed by atoms with Crippen LogP contribution >= 0.6 is 0 Å². The van der Waals surface area contributed by atoms with Gasteiger partial charge in [0.25, 0.3) is 0 Å². The predicted molar refractivity (Wildman–Crippen MR) is 71.1 cm³/mol. The van der Waals surface area contributed by atoms with Crippen molar-refractivity contribution in [2.45, 2.75) is 25.7 Å². The molecule has 0 fully saturated rings. The fourth-order valence-corrected chi connectivity index (χ4v) is 1.85. The average Bonchev–Trinajstić information content (AvgIpc) is 2.80. The quantitative estimate of drug-likeness (QED) is 0.616. The number of unbranched alkanes of at least 4 members (excludes halogenated alkanes) is 2. The lowest BCUT2D eigenvalue weighted by atomic mass is 10.1. The van der Waals surface area contributed by atoms with Crippen LogP contribution in [0.3, 0.4) is 0 Å². The molecular formula is C15H18O3. The van der Waals surface area contributed by atoms with Crippen molar-refractivity contribution >= 4 is 0 Å². The van der Waals surface area contributed by atoms with E-state index >= 15 is 0 Å². The van der Waals surface area contributed by atoms with Gasteiger partial charge in [0.1, 0.15) is 5.75 Å². The number of rotatable bonds is 6. The number of aromatic hydroxyl groups is 1. The number of hydrogen-bond donors (Lipinski definition) is 1. The van der Waals surface area contributed by atoms with Gasteiger partial charge in [-0.1, -0.05) is 18.2 Å². The van der Waals surface area contributed by atoms with Crippen LogP contribution in [0.4, 0.5) is 0 Å². The van der Waals surface area contributed by atoms with Crippen LogP contribution in [-0.2, 0) is 6.42 Å². The Hall–Kier alpha value is -1.90. The Morgan fingerprint density at radius 2 is 1.94 bits per heavy atom. The van der Waals surface area contributed by atoms with Crippen LogP contribution < -0.4 is 9.47 Å². The molecule has 0 amide bonds. The molecule has 1 N–H and O–H groups in total. The molecule has 18 heavy (non-hydrogen) atoms. The van der Waals surface area contributed by atoms with E-state index in [1.807, 2.05) is 12.1 Å². The summed E-state index contributed by atoms with van der Waals surface area (Å²) in [5.41, 5.74) is 0.860. The van der Waals surface area contributed by atoms with Gasteiger partial charge in [0, 0.05) is 11.6 Å². The van der Waals surface area contributed by atoms with Gasteiger partial charge in [-0.3, -0.25) is 0 Å². The largest absolute Gasteiger partial charge is 0.508 e. The van der Waals surface area contributed by atoms with Gasteiger partial charge >= 0.3 is 0 Å². The molecule has 0 saturated heterocycles. The summed E-state index contributed by atoms with van der Waals surface area (Å²) in [4.78, 5) is 0. The van der Waals surface area contributed by atoms with Gasteiger partial charge in [0.15, 0.2) is 11.5 Å². The van der Waals surface area contributed by atoms with Crippen molar-refractivity contribution < 1.29 is 14.6 Å². The number of benzene rings is 1. The normalized spacial score (nSPS) is 13.1. The van der Waals surface area contributed by atoms with Gasteiger partial charge in [-0.25, -0.2) is 0 Å². The maximum atomic E-state index is 9.83. The smallest absolute Gasteiger partial charge is 0.231 e. The van der Waals surface area contributed by atoms with Gasteiger partial charge < -0.3 is 14.6 Å². The summed E-state index contributed by atoms with van der Waals surface area (Å²) in [6.45, 7) is 3.92. The van der Waals surface area contributed by atoms with Crippen LogP contribution in [0.5, 0.6) is 17.2 Å². The molecule has 0 atom stereocenters. The molecule has 0 saturated carbocycles. The van der Waals surface area contributed by atoms with E-state index in [9.17, 15) is 5.11 Å². The van der Waals surface area contributed by atoms with E-state index in [2.05, 4.69) is 18.7 Å². The lowest BCUT2D eigenvalue weighted by molar-refractivity contribution is 0.174. The van der Waals surface area contributed by atoms with Crippen molar-refractivity contribution in [2.75, 3.05) is 6.79 Å². The van der Waals surface area contributed by atoms with Gasteiger partial charge in [-0.2, -0.15) is 0 Å². The lowest BCUT2D eigenvalue weighted by Gasteiger charge is -2.03. The van der Waals surface area contributed by atoms with Crippen molar-refractivity contribution in [3.05, 3.63) is 42.5 Å². The summed E-state index contributed by atoms with van der Waals surface area (Å²) >= 11 is 0. The third-order valence-corrected chi connectivity index (χ3v) is 2.86. The van der Waals surface area contributed by atoms with Crippen LogP contribution in [0.2, 0.25) is 0 Å². The minimum absolute atomic E-state index is 0.232. The summed E-state index contributed by atoms with van der Waals surface area (Å²) in [5.74, 6) is 1.59. The number of phenols is 1. The second-order valence-corrected chi connectivity index (χ2v) is 4.23. The van der Waals surface area contributed by atoms with E-state index in [0.29, 0.717) is 17.9 Å². The summed E-state index contributed by atoms with van der Waals surface area (Å²) in [7, 11) is 0. The Labute approximate surface area is 107 Å². The highest BCUT2D eigenvalue weighted by Gasteiger charge is 2.16. The molecule has 3 nitrogen and oxygen atoms in total. The van der Waals surface area contributed by atoms with Crippen LogP contribution in [0, 0.1) is 0 Å². The van der Waals surface area contributed by atoms with E-state index in [1.54, 1.807) is 6.07 Å². The minimum Gasteiger partial charge on any atom is -0.508 e. The molecule has 0 bridgehead atoms. The van der Waals surface area contributed by atoms with Crippen molar-refractivity contribution in [3.8, 4) is 17.2 Å². The van der Waals surface area contributed by atoms with Gasteiger partial charge in [-0.05, 0) is 31.7 Å². The number of hydrogen-bond acceptors (Lipinski definition) is 3. The third kappa shape index (κ3) is 3.06. The topological polar surface area (TPSA) is 38.7 Å². The van der Waals surface area contributed by atoms with E-state index in [1.165, 1.54) is 0 Å². The Kier molecular flexibility index (Phi) is 4.29. The molecule has 1 heterocycles. The fraction of sp³-hybridized carbons (Fsp3) is 0.333. The zero-order valence-corrected chi connectivity index (χ0v) is 10.4. The molecule has 1 aliphatic rings. The lowest BCUT2D eigenvalue weighted by Crippen LogP contribution is -1.92. The molecule has 1 aromatic carbocycles. The number of phenolic OH excluding ortho intramolecular Hbond substituents is 1. The molecule has 3 heteroatoms. The van der Waals surface area contributed by atoms with Gasteiger partial charge in [-0.15, -0.1) is 6.58 Å². The Bertz CT molecular complexity index is 449. The molecule has 1 aromatic rings. The molecule has 1 aliphatic heterocycles. The Morgan fingerprint density at radius 1 is 1.17 bits per heavy atom. The average molecular weight is 246 g/mol. The van der Waals surface area contributed by atoms with Crippen LogP contribution in [-0.4, -0.2) is 11.9 Å². The fourth-order valence-electron chi connectivity index (χ4n) is 1.85. The second-order valence-electron chi connectivity index (χ2n) is 4.23. The third-order valence-electron chi connectivity index (χ3n) is 2.86. The summed E-state index contributed by atoms with van der Waals surface area (Å²) in [6, 6.07) is 3.45. The standard InChI is InChI=1S/C15H18O3/c1-2-3-4-5-6-7-8-12-9-14-15(10-13(12)16)18-11-17-14/h2,6-7,9-10,16H,1,3-5,8,11H2/b7-6+. The van der Waals surface area contributed by atoms with Gasteiger partial charge in [0.05, 0.1) is 0 Å². The molecule has 0 aliphatic carbocycles. The summed E-state index contributed by atoms with van der Waals surface area (Å²) in [6.07, 6.45) is 10.0. The maximum Gasteiger partial charge on any atom is 0.231 e. The van der Waals surface area contributed by atoms with E-state index < -0.39 is 0 Å². The molecule has 96 valence electrons. The SMILES string of the molecule is C=CCCC/C=C/Cc1cc2c(cc1O)OCO2. The summed E-state index contributed by atoms with van der Waals surface area (Å²) in [5, 5.41) is 9.83. The van der Waals surface area contributed by atoms with Crippen LogP contribution in [0.25, 0.3) is 0 Å². The number of fused-ring (bicyclic) bond motifs is 1. The molecule has 0 radical (unpaired) electrons. The van der Waals surface area contributed by atoms with E-state index in [4.69, 9.17) is 9.47 Å². The minimum atomic E-state index is 0.232. The van der Waals surface area contributed by atoms with Crippen LogP contribution in [0.15, 0.2) is 36.9 Å². The number of allylic oxidation sites excluding steroid dienone is 3. The second kappa shape index (κ2) is 6.15. The molecule has 0 aromatic heterocycles. The van der Waals surface area contributed by atoms with Crippen molar-refractivity contribution in [2.24, 2.45) is 0 Å². The van der Waals surface area contributed by atoms with Crippen molar-refractivity contribution in [3.63, 3.8) is 0 Å². The van der Waals surface area contributed by atoms with Gasteiger partial charge in [0.2, 0.25) is 6.79 Å². The molecule has 0 spiro atoms. The molecule has 0 unspecified atom stereocenters.